The normalized spacial score (nSPS) is 17.1. The van der Waals surface area contributed by atoms with Crippen molar-refractivity contribution >= 4 is 13.7 Å². The van der Waals surface area contributed by atoms with Gasteiger partial charge in [-0.05, 0) is 28.2 Å². The molecule has 1 aliphatic rings. The molecule has 0 spiro atoms. The second kappa shape index (κ2) is 8.48. The van der Waals surface area contributed by atoms with Crippen LogP contribution in [-0.4, -0.2) is 30.5 Å². The number of carbonyl (C=O) groups is 1. The molecule has 0 saturated carbocycles. The van der Waals surface area contributed by atoms with Crippen LogP contribution >= 0.6 is 7.60 Å². The molecule has 2 aromatic carbocycles. The van der Waals surface area contributed by atoms with Gasteiger partial charge >= 0.3 is 13.7 Å². The Morgan fingerprint density at radius 3 is 2.18 bits per heavy atom. The van der Waals surface area contributed by atoms with Gasteiger partial charge in [-0.3, -0.25) is 4.57 Å². The lowest BCUT2D eigenvalue weighted by atomic mass is 9.98. The predicted octanol–water partition coefficient (Wildman–Crippen LogP) is 4.73. The topological polar surface area (TPSA) is 84.9 Å². The largest absolute Gasteiger partial charge is 0.449 e. The van der Waals surface area contributed by atoms with Crippen LogP contribution in [0.15, 0.2) is 48.5 Å². The Morgan fingerprint density at radius 2 is 1.68 bits per heavy atom. The van der Waals surface area contributed by atoms with Gasteiger partial charge in [-0.2, -0.15) is 0 Å². The lowest BCUT2D eigenvalue weighted by molar-refractivity contribution is 0.137. The third kappa shape index (κ3) is 4.00. The first-order chi connectivity index (χ1) is 13.4. The summed E-state index contributed by atoms with van der Waals surface area (Å²) >= 11 is 0. The summed E-state index contributed by atoms with van der Waals surface area (Å²) in [5, 5.41) is 2.53. The molecular weight excluding hydrogens is 377 g/mol. The van der Waals surface area contributed by atoms with Gasteiger partial charge in [-0.1, -0.05) is 68.8 Å². The van der Waals surface area contributed by atoms with E-state index in [-0.39, 0.29) is 18.4 Å². The maximum atomic E-state index is 12.4. The Morgan fingerprint density at radius 1 is 1.14 bits per heavy atom. The van der Waals surface area contributed by atoms with Crippen molar-refractivity contribution in [2.75, 3.05) is 13.7 Å². The number of hydrogen-bond donors (Lipinski definition) is 2. The summed E-state index contributed by atoms with van der Waals surface area (Å²) in [6.45, 7) is 3.82. The summed E-state index contributed by atoms with van der Waals surface area (Å²) in [5.41, 5.74) is 4.51. The second-order valence-electron chi connectivity index (χ2n) is 7.05. The highest BCUT2D eigenvalue weighted by Crippen LogP contribution is 2.49. The van der Waals surface area contributed by atoms with Crippen LogP contribution in [0.3, 0.4) is 0 Å². The van der Waals surface area contributed by atoms with Crippen molar-refractivity contribution in [3.8, 4) is 11.1 Å². The third-order valence-electron chi connectivity index (χ3n) is 5.41. The molecule has 0 fully saturated rings. The predicted molar refractivity (Wildman–Crippen MR) is 108 cm³/mol. The average molecular weight is 403 g/mol. The Kier molecular flexibility index (Phi) is 6.23. The molecular formula is C21H26NO5P. The minimum absolute atomic E-state index is 0.0662. The molecule has 0 aliphatic heterocycles. The molecule has 0 saturated heterocycles. The standard InChI is InChI=1S/C21H26NO5P/c1-4-14(2)20(28(24,25)26-3)22-21(23)27-13-19-17-11-7-5-9-15(17)16-10-6-8-12-18(16)19/h5-12,14,19-20H,4,13H2,1-3H3,(H,22,23)(H,24,25). The van der Waals surface area contributed by atoms with Crippen LogP contribution in [0.5, 0.6) is 0 Å². The highest BCUT2D eigenvalue weighted by molar-refractivity contribution is 7.53. The number of ether oxygens (including phenoxy) is 1. The molecule has 1 amide bonds. The third-order valence-corrected chi connectivity index (χ3v) is 7.27. The van der Waals surface area contributed by atoms with E-state index in [9.17, 15) is 14.3 Å². The van der Waals surface area contributed by atoms with E-state index < -0.39 is 19.5 Å². The van der Waals surface area contributed by atoms with Crippen LogP contribution in [0.2, 0.25) is 0 Å². The van der Waals surface area contributed by atoms with Gasteiger partial charge in [-0.15, -0.1) is 0 Å². The quantitative estimate of drug-likeness (QED) is 0.653. The first-order valence-electron chi connectivity index (χ1n) is 9.38. The monoisotopic (exact) mass is 403 g/mol. The van der Waals surface area contributed by atoms with Crippen molar-refractivity contribution in [3.05, 3.63) is 59.7 Å². The van der Waals surface area contributed by atoms with Crippen molar-refractivity contribution in [1.82, 2.24) is 5.32 Å². The van der Waals surface area contributed by atoms with E-state index in [1.807, 2.05) is 43.3 Å². The summed E-state index contributed by atoms with van der Waals surface area (Å²) in [5.74, 6) is -1.32. The maximum absolute atomic E-state index is 12.4. The van der Waals surface area contributed by atoms with Crippen LogP contribution in [0.1, 0.15) is 37.3 Å². The van der Waals surface area contributed by atoms with Crippen molar-refractivity contribution in [2.24, 2.45) is 5.92 Å². The first kappa shape index (κ1) is 20.6. The van der Waals surface area contributed by atoms with Crippen LogP contribution in [-0.2, 0) is 13.8 Å². The van der Waals surface area contributed by atoms with Crippen molar-refractivity contribution in [3.63, 3.8) is 0 Å². The number of fused-ring (bicyclic) bond motifs is 3. The van der Waals surface area contributed by atoms with E-state index in [2.05, 4.69) is 17.4 Å². The van der Waals surface area contributed by atoms with E-state index in [0.29, 0.717) is 6.42 Å². The highest BCUT2D eigenvalue weighted by Gasteiger charge is 2.37. The number of alkyl carbamates (subject to hydrolysis) is 1. The van der Waals surface area contributed by atoms with Crippen LogP contribution in [0, 0.1) is 5.92 Å². The summed E-state index contributed by atoms with van der Waals surface area (Å²) in [4.78, 5) is 22.4. The van der Waals surface area contributed by atoms with Gasteiger partial charge in [-0.25, -0.2) is 4.79 Å². The summed E-state index contributed by atoms with van der Waals surface area (Å²) in [6.07, 6.45) is -0.110. The van der Waals surface area contributed by atoms with Crippen LogP contribution < -0.4 is 5.32 Å². The van der Waals surface area contributed by atoms with E-state index in [4.69, 9.17) is 9.26 Å². The summed E-state index contributed by atoms with van der Waals surface area (Å²) < 4.78 is 22.5. The van der Waals surface area contributed by atoms with E-state index in [1.165, 1.54) is 0 Å². The van der Waals surface area contributed by atoms with E-state index in [0.717, 1.165) is 29.4 Å². The molecule has 3 atom stereocenters. The zero-order chi connectivity index (χ0) is 20.3. The molecule has 3 rings (SSSR count). The molecule has 0 aromatic heterocycles. The van der Waals surface area contributed by atoms with Gasteiger partial charge in [0.1, 0.15) is 12.4 Å². The number of benzene rings is 2. The zero-order valence-corrected chi connectivity index (χ0v) is 17.2. The minimum Gasteiger partial charge on any atom is -0.449 e. The molecule has 1 aliphatic carbocycles. The fourth-order valence-electron chi connectivity index (χ4n) is 3.64. The zero-order valence-electron chi connectivity index (χ0n) is 16.3. The van der Waals surface area contributed by atoms with Gasteiger partial charge in [0, 0.05) is 13.0 Å². The van der Waals surface area contributed by atoms with Gasteiger partial charge in [0.05, 0.1) is 0 Å². The van der Waals surface area contributed by atoms with E-state index in [1.54, 1.807) is 6.92 Å². The van der Waals surface area contributed by atoms with Crippen molar-refractivity contribution in [1.29, 1.82) is 0 Å². The summed E-state index contributed by atoms with van der Waals surface area (Å²) in [6, 6.07) is 16.1. The molecule has 2 N–H and O–H groups in total. The van der Waals surface area contributed by atoms with Crippen molar-refractivity contribution < 1.29 is 23.5 Å². The Hall–Kier alpha value is -2.14. The Balaban J connectivity index is 1.73. The number of rotatable bonds is 7. The van der Waals surface area contributed by atoms with Gasteiger partial charge < -0.3 is 19.5 Å². The number of amides is 1. The lowest BCUT2D eigenvalue weighted by Gasteiger charge is -2.27. The van der Waals surface area contributed by atoms with Gasteiger partial charge in [0.15, 0.2) is 0 Å². The average Bonchev–Trinajstić information content (AvgIpc) is 3.03. The van der Waals surface area contributed by atoms with E-state index >= 15 is 0 Å². The molecule has 150 valence electrons. The highest BCUT2D eigenvalue weighted by atomic mass is 31.2. The molecule has 7 heteroatoms. The fourth-order valence-corrected chi connectivity index (χ4v) is 4.99. The minimum atomic E-state index is -3.98. The lowest BCUT2D eigenvalue weighted by Crippen LogP contribution is -2.40. The molecule has 0 bridgehead atoms. The van der Waals surface area contributed by atoms with Crippen molar-refractivity contribution in [2.45, 2.75) is 32.0 Å². The molecule has 3 unspecified atom stereocenters. The Bertz CT molecular complexity index is 854. The van der Waals surface area contributed by atoms with Crippen LogP contribution in [0.4, 0.5) is 4.79 Å². The smallest absolute Gasteiger partial charge is 0.407 e. The molecule has 0 heterocycles. The molecule has 0 radical (unpaired) electrons. The molecule has 6 nitrogen and oxygen atoms in total. The fraction of sp³-hybridized carbons (Fsp3) is 0.381. The molecule has 2 aromatic rings. The first-order valence-corrected chi connectivity index (χ1v) is 11.0. The van der Waals surface area contributed by atoms with Gasteiger partial charge in [0.2, 0.25) is 0 Å². The number of hydrogen-bond acceptors (Lipinski definition) is 4. The summed E-state index contributed by atoms with van der Waals surface area (Å²) in [7, 11) is -2.82. The molecule has 28 heavy (non-hydrogen) atoms. The SMILES string of the molecule is CCC(C)C(NC(=O)OCC1c2ccccc2-c2ccccc21)P(=O)(O)OC. The number of carbonyl (C=O) groups excluding carboxylic acids is 1. The number of nitrogens with one attached hydrogen (secondary N) is 1. The Labute approximate surface area is 165 Å². The van der Waals surface area contributed by atoms with Gasteiger partial charge in [0.25, 0.3) is 0 Å². The van der Waals surface area contributed by atoms with Crippen LogP contribution in [0.25, 0.3) is 11.1 Å². The second-order valence-corrected chi connectivity index (χ2v) is 9.10. The maximum Gasteiger partial charge on any atom is 0.407 e.